The van der Waals surface area contributed by atoms with E-state index >= 15 is 0 Å². The van der Waals surface area contributed by atoms with E-state index in [1.807, 2.05) is 6.92 Å². The Morgan fingerprint density at radius 2 is 1.56 bits per heavy atom. The number of rotatable bonds is 14. The Morgan fingerprint density at radius 3 is 2.09 bits per heavy atom. The number of hydrogen-bond donors (Lipinski definition) is 5. The molecule has 0 saturated carbocycles. The normalized spacial score (nSPS) is 11.2. The molecule has 1 atom stereocenters. The van der Waals surface area contributed by atoms with E-state index in [-0.39, 0.29) is 19.3 Å². The van der Waals surface area contributed by atoms with Crippen molar-refractivity contribution in [2.45, 2.75) is 51.5 Å². The first-order valence-electron chi connectivity index (χ1n) is 10.2. The monoisotopic (exact) mass is 448 g/mol. The van der Waals surface area contributed by atoms with Gasteiger partial charge in [-0.2, -0.15) is 0 Å². The van der Waals surface area contributed by atoms with Gasteiger partial charge >= 0.3 is 17.9 Å². The second-order valence-corrected chi connectivity index (χ2v) is 7.13. The summed E-state index contributed by atoms with van der Waals surface area (Å²) in [4.78, 5) is 57.3. The lowest BCUT2D eigenvalue weighted by atomic mass is 10.0. The Hall–Kier alpha value is -3.69. The Bertz CT molecular complexity index is 845. The van der Waals surface area contributed by atoms with Gasteiger partial charge in [0, 0.05) is 19.4 Å². The molecule has 0 fully saturated rings. The summed E-state index contributed by atoms with van der Waals surface area (Å²) in [5, 5.41) is 31.9. The molecule has 0 aliphatic rings. The highest BCUT2D eigenvalue weighted by Crippen LogP contribution is 2.12. The molecule has 10 heteroatoms. The van der Waals surface area contributed by atoms with Crippen molar-refractivity contribution >= 4 is 35.8 Å². The quantitative estimate of drug-likeness (QED) is 0.123. The van der Waals surface area contributed by atoms with E-state index < -0.39 is 41.3 Å². The van der Waals surface area contributed by atoms with Crippen molar-refractivity contribution in [1.29, 1.82) is 0 Å². The fraction of sp³-hybridized carbons (Fsp3) is 0.409. The third-order valence-corrected chi connectivity index (χ3v) is 4.49. The van der Waals surface area contributed by atoms with Crippen molar-refractivity contribution in [1.82, 2.24) is 10.6 Å². The fourth-order valence-corrected chi connectivity index (χ4v) is 2.77. The minimum absolute atomic E-state index is 0.118. The molecule has 2 amide bonds. The highest BCUT2D eigenvalue weighted by molar-refractivity contribution is 6.16. The summed E-state index contributed by atoms with van der Waals surface area (Å²) in [7, 11) is 0. The van der Waals surface area contributed by atoms with Crippen LogP contribution in [0, 0.1) is 0 Å². The van der Waals surface area contributed by atoms with Gasteiger partial charge in [-0.15, -0.1) is 0 Å². The van der Waals surface area contributed by atoms with Crippen LogP contribution >= 0.6 is 0 Å². The van der Waals surface area contributed by atoms with E-state index in [9.17, 15) is 24.0 Å². The van der Waals surface area contributed by atoms with Gasteiger partial charge < -0.3 is 26.0 Å². The number of benzene rings is 1. The maximum Gasteiger partial charge on any atom is 0.343 e. The zero-order valence-corrected chi connectivity index (χ0v) is 17.8. The first-order chi connectivity index (χ1) is 15.1. The van der Waals surface area contributed by atoms with Gasteiger partial charge in [0.15, 0.2) is 0 Å². The second-order valence-electron chi connectivity index (χ2n) is 7.13. The molecule has 0 spiro atoms. The van der Waals surface area contributed by atoms with Crippen molar-refractivity contribution in [3.05, 3.63) is 41.0 Å². The molecule has 0 heterocycles. The van der Waals surface area contributed by atoms with Gasteiger partial charge in [0.2, 0.25) is 11.8 Å². The molecule has 5 N–H and O–H groups in total. The van der Waals surface area contributed by atoms with E-state index in [1.54, 1.807) is 12.1 Å². The van der Waals surface area contributed by atoms with Crippen LogP contribution in [0.4, 0.5) is 0 Å². The predicted molar refractivity (Wildman–Crippen MR) is 115 cm³/mol. The SMILES string of the molecule is CCCCCNC(=O)[C@H](Cc1ccc(C=C(C(=O)O)C(=O)O)cc1)NC(=O)CCC(=O)O. The molecule has 0 radical (unpaired) electrons. The van der Waals surface area contributed by atoms with Gasteiger partial charge in [0.1, 0.15) is 11.6 Å². The lowest BCUT2D eigenvalue weighted by molar-refractivity contribution is -0.140. The maximum absolute atomic E-state index is 12.6. The van der Waals surface area contributed by atoms with Crippen molar-refractivity contribution in [3.8, 4) is 0 Å². The van der Waals surface area contributed by atoms with Crippen LogP contribution in [0.2, 0.25) is 0 Å². The second kappa shape index (κ2) is 13.6. The molecule has 10 nitrogen and oxygen atoms in total. The molecular weight excluding hydrogens is 420 g/mol. The number of aliphatic carboxylic acids is 3. The Balaban J connectivity index is 2.92. The number of hydrogen-bond acceptors (Lipinski definition) is 5. The molecule has 1 aromatic rings. The van der Waals surface area contributed by atoms with E-state index in [4.69, 9.17) is 15.3 Å². The lowest BCUT2D eigenvalue weighted by Crippen LogP contribution is -2.48. The van der Waals surface area contributed by atoms with Gasteiger partial charge in [-0.05, 0) is 23.6 Å². The molecule has 0 saturated heterocycles. The number of nitrogens with one attached hydrogen (secondary N) is 2. The third kappa shape index (κ3) is 9.88. The summed E-state index contributed by atoms with van der Waals surface area (Å²) < 4.78 is 0. The van der Waals surface area contributed by atoms with E-state index in [1.165, 1.54) is 12.1 Å². The summed E-state index contributed by atoms with van der Waals surface area (Å²) >= 11 is 0. The zero-order valence-electron chi connectivity index (χ0n) is 17.8. The number of unbranched alkanes of at least 4 members (excludes halogenated alkanes) is 2. The van der Waals surface area contributed by atoms with Crippen LogP contribution in [0.5, 0.6) is 0 Å². The number of carbonyl (C=O) groups is 5. The molecule has 0 aromatic heterocycles. The van der Waals surface area contributed by atoms with E-state index in [0.717, 1.165) is 25.3 Å². The van der Waals surface area contributed by atoms with Crippen LogP contribution in [0.3, 0.4) is 0 Å². The largest absolute Gasteiger partial charge is 0.481 e. The average Bonchev–Trinajstić information content (AvgIpc) is 2.73. The molecule has 0 bridgehead atoms. The first kappa shape index (κ1) is 26.3. The maximum atomic E-state index is 12.6. The predicted octanol–water partition coefficient (Wildman–Crippen LogP) is 1.44. The standard InChI is InChI=1S/C22H28N2O8/c1-2-3-4-11-23-20(28)17(24-18(25)9-10-19(26)27)13-15-7-5-14(6-8-15)12-16(21(29)30)22(31)32/h5-8,12,17H,2-4,9-11,13H2,1H3,(H,23,28)(H,24,25)(H,26,27)(H,29,30)(H,31,32)/t17-/m0/s1. The summed E-state index contributed by atoms with van der Waals surface area (Å²) in [6.45, 7) is 2.48. The van der Waals surface area contributed by atoms with Crippen LogP contribution in [0.25, 0.3) is 6.08 Å². The topological polar surface area (TPSA) is 170 Å². The van der Waals surface area contributed by atoms with Crippen molar-refractivity contribution in [2.24, 2.45) is 0 Å². The molecule has 1 aromatic carbocycles. The number of carbonyl (C=O) groups excluding carboxylic acids is 2. The molecule has 0 aliphatic carbocycles. The molecule has 0 unspecified atom stereocenters. The van der Waals surface area contributed by atoms with Crippen LogP contribution in [0.1, 0.15) is 50.2 Å². The van der Waals surface area contributed by atoms with E-state index in [0.29, 0.717) is 17.7 Å². The number of carboxylic acid groups (broad SMARTS) is 3. The van der Waals surface area contributed by atoms with Crippen LogP contribution < -0.4 is 10.6 Å². The van der Waals surface area contributed by atoms with Gasteiger partial charge in [0.25, 0.3) is 0 Å². The highest BCUT2D eigenvalue weighted by Gasteiger charge is 2.21. The smallest absolute Gasteiger partial charge is 0.343 e. The minimum atomic E-state index is -1.56. The summed E-state index contributed by atoms with van der Waals surface area (Å²) in [6.07, 6.45) is 3.24. The molecule has 32 heavy (non-hydrogen) atoms. The zero-order chi connectivity index (χ0) is 24.1. The Kier molecular flexibility index (Phi) is 11.2. The molecule has 0 aliphatic heterocycles. The fourth-order valence-electron chi connectivity index (χ4n) is 2.77. The Morgan fingerprint density at radius 1 is 0.938 bits per heavy atom. The van der Waals surface area contributed by atoms with Crippen molar-refractivity contribution in [3.63, 3.8) is 0 Å². The van der Waals surface area contributed by atoms with Crippen LogP contribution in [-0.2, 0) is 30.4 Å². The van der Waals surface area contributed by atoms with Crippen LogP contribution in [-0.4, -0.2) is 57.6 Å². The first-order valence-corrected chi connectivity index (χ1v) is 10.2. The summed E-state index contributed by atoms with van der Waals surface area (Å²) in [6, 6.07) is 5.27. The molecule has 174 valence electrons. The van der Waals surface area contributed by atoms with Gasteiger partial charge in [-0.25, -0.2) is 9.59 Å². The third-order valence-electron chi connectivity index (χ3n) is 4.49. The van der Waals surface area contributed by atoms with Crippen molar-refractivity contribution < 1.29 is 39.3 Å². The average molecular weight is 448 g/mol. The van der Waals surface area contributed by atoms with Gasteiger partial charge in [-0.3, -0.25) is 14.4 Å². The van der Waals surface area contributed by atoms with Crippen LogP contribution in [0.15, 0.2) is 29.8 Å². The van der Waals surface area contributed by atoms with Gasteiger partial charge in [0.05, 0.1) is 6.42 Å². The highest BCUT2D eigenvalue weighted by atomic mass is 16.4. The number of amides is 2. The molecule has 1 rings (SSSR count). The lowest BCUT2D eigenvalue weighted by Gasteiger charge is -2.19. The van der Waals surface area contributed by atoms with Gasteiger partial charge in [-0.1, -0.05) is 44.0 Å². The summed E-state index contributed by atoms with van der Waals surface area (Å²) in [5.74, 6) is -5.21. The Labute approximate surface area is 185 Å². The van der Waals surface area contributed by atoms with E-state index in [2.05, 4.69) is 10.6 Å². The number of carboxylic acids is 3. The molecular formula is C22H28N2O8. The summed E-state index contributed by atoms with van der Waals surface area (Å²) in [5.41, 5.74) is 0.203. The minimum Gasteiger partial charge on any atom is -0.481 e. The van der Waals surface area contributed by atoms with Crippen molar-refractivity contribution in [2.75, 3.05) is 6.54 Å².